The smallest absolute Gasteiger partial charge is 0.220 e. The molecule has 0 aliphatic heterocycles. The van der Waals surface area contributed by atoms with Crippen molar-refractivity contribution in [2.45, 2.75) is 19.4 Å². The molecule has 0 fully saturated rings. The van der Waals surface area contributed by atoms with Gasteiger partial charge in [0.1, 0.15) is 0 Å². The Hall–Kier alpha value is -3.80. The zero-order valence-corrected chi connectivity index (χ0v) is 15.9. The fourth-order valence-electron chi connectivity index (χ4n) is 3.19. The fraction of sp³-hybridized carbons (Fsp3) is 0.130. The molecule has 29 heavy (non-hydrogen) atoms. The van der Waals surface area contributed by atoms with Crippen LogP contribution in [0, 0.1) is 0 Å². The fourth-order valence-corrected chi connectivity index (χ4v) is 3.19. The van der Waals surface area contributed by atoms with E-state index in [9.17, 15) is 4.79 Å². The molecule has 2 N–H and O–H groups in total. The van der Waals surface area contributed by atoms with Gasteiger partial charge in [0.05, 0.1) is 11.9 Å². The average molecular weight is 383 g/mol. The molecular weight excluding hydrogens is 362 g/mol. The molecule has 1 amide bonds. The highest BCUT2D eigenvalue weighted by atomic mass is 16.1. The van der Waals surface area contributed by atoms with E-state index in [-0.39, 0.29) is 5.91 Å². The molecule has 3 aromatic heterocycles. The number of aromatic amines is 1. The number of benzene rings is 1. The van der Waals surface area contributed by atoms with Crippen LogP contribution >= 0.6 is 0 Å². The highest BCUT2D eigenvalue weighted by Crippen LogP contribution is 2.30. The molecule has 0 spiro atoms. The number of aryl methyl sites for hydroxylation is 1. The summed E-state index contributed by atoms with van der Waals surface area (Å²) in [4.78, 5) is 20.3. The molecule has 0 atom stereocenters. The van der Waals surface area contributed by atoms with Crippen LogP contribution in [0.25, 0.3) is 22.4 Å². The molecule has 0 bridgehead atoms. The molecule has 144 valence electrons. The van der Waals surface area contributed by atoms with Gasteiger partial charge in [0, 0.05) is 48.9 Å². The molecule has 6 nitrogen and oxygen atoms in total. The lowest BCUT2D eigenvalue weighted by Crippen LogP contribution is -2.23. The van der Waals surface area contributed by atoms with Gasteiger partial charge in [0.25, 0.3) is 0 Å². The van der Waals surface area contributed by atoms with Crippen LogP contribution in [0.3, 0.4) is 0 Å². The summed E-state index contributed by atoms with van der Waals surface area (Å²) in [7, 11) is 0. The van der Waals surface area contributed by atoms with Crippen molar-refractivity contribution in [3.8, 4) is 22.4 Å². The summed E-state index contributed by atoms with van der Waals surface area (Å²) < 4.78 is 0. The van der Waals surface area contributed by atoms with Gasteiger partial charge in [-0.3, -0.25) is 19.9 Å². The number of rotatable bonds is 7. The SMILES string of the molecule is O=C(CCc1ccncc1)NCc1cccc(-c2[nH]ncc2-c2ccncc2)c1. The monoisotopic (exact) mass is 383 g/mol. The number of aromatic nitrogens is 4. The van der Waals surface area contributed by atoms with Crippen molar-refractivity contribution in [2.24, 2.45) is 0 Å². The van der Waals surface area contributed by atoms with Crippen molar-refractivity contribution < 1.29 is 4.79 Å². The molecule has 0 saturated heterocycles. The van der Waals surface area contributed by atoms with Gasteiger partial charge < -0.3 is 5.32 Å². The topological polar surface area (TPSA) is 83.6 Å². The summed E-state index contributed by atoms with van der Waals surface area (Å²) in [5.41, 5.74) is 6.19. The number of amides is 1. The Morgan fingerprint density at radius 2 is 1.66 bits per heavy atom. The lowest BCUT2D eigenvalue weighted by Gasteiger charge is -2.08. The van der Waals surface area contributed by atoms with Crippen LogP contribution in [-0.4, -0.2) is 26.1 Å². The summed E-state index contributed by atoms with van der Waals surface area (Å²) in [5, 5.41) is 10.3. The maximum absolute atomic E-state index is 12.2. The minimum absolute atomic E-state index is 0.0335. The highest BCUT2D eigenvalue weighted by Gasteiger charge is 2.10. The number of nitrogens with one attached hydrogen (secondary N) is 2. The van der Waals surface area contributed by atoms with E-state index < -0.39 is 0 Å². The number of nitrogens with zero attached hydrogens (tertiary/aromatic N) is 3. The first kappa shape index (κ1) is 18.6. The standard InChI is InChI=1S/C23H21N5O/c29-22(5-4-17-6-10-24-11-7-17)26-15-18-2-1-3-20(14-18)23-21(16-27-28-23)19-8-12-25-13-9-19/h1-3,6-14,16H,4-5,15H2,(H,26,29)(H,27,28). The summed E-state index contributed by atoms with van der Waals surface area (Å²) in [6.07, 6.45) is 10.0. The van der Waals surface area contributed by atoms with Crippen molar-refractivity contribution in [2.75, 3.05) is 0 Å². The van der Waals surface area contributed by atoms with Gasteiger partial charge in [-0.05, 0) is 53.4 Å². The lowest BCUT2D eigenvalue weighted by molar-refractivity contribution is -0.121. The second kappa shape index (κ2) is 8.93. The van der Waals surface area contributed by atoms with Crippen LogP contribution in [0.2, 0.25) is 0 Å². The van der Waals surface area contributed by atoms with E-state index in [1.54, 1.807) is 24.8 Å². The van der Waals surface area contributed by atoms with Crippen LogP contribution < -0.4 is 5.32 Å². The molecule has 1 aromatic carbocycles. The first-order chi connectivity index (χ1) is 14.3. The highest BCUT2D eigenvalue weighted by molar-refractivity contribution is 5.80. The minimum atomic E-state index is 0.0335. The molecule has 0 unspecified atom stereocenters. The molecule has 0 aliphatic rings. The maximum Gasteiger partial charge on any atom is 0.220 e. The van der Waals surface area contributed by atoms with Gasteiger partial charge in [-0.1, -0.05) is 18.2 Å². The van der Waals surface area contributed by atoms with Crippen LogP contribution in [-0.2, 0) is 17.8 Å². The van der Waals surface area contributed by atoms with E-state index in [1.165, 1.54) is 0 Å². The van der Waals surface area contributed by atoms with E-state index in [2.05, 4.69) is 31.5 Å². The predicted molar refractivity (Wildman–Crippen MR) is 112 cm³/mol. The van der Waals surface area contributed by atoms with Crippen molar-refractivity contribution in [3.63, 3.8) is 0 Å². The molecule has 6 heteroatoms. The van der Waals surface area contributed by atoms with Crippen molar-refractivity contribution in [1.29, 1.82) is 0 Å². The van der Waals surface area contributed by atoms with E-state index in [0.29, 0.717) is 19.4 Å². The molecule has 0 radical (unpaired) electrons. The van der Waals surface area contributed by atoms with Gasteiger partial charge >= 0.3 is 0 Å². The molecule has 0 saturated carbocycles. The Labute approximate surface area is 169 Å². The second-order valence-electron chi connectivity index (χ2n) is 6.73. The Morgan fingerprint density at radius 3 is 2.45 bits per heavy atom. The number of carbonyl (C=O) groups is 1. The molecule has 4 rings (SSSR count). The van der Waals surface area contributed by atoms with Gasteiger partial charge in [0.15, 0.2) is 0 Å². The number of pyridine rings is 2. The maximum atomic E-state index is 12.2. The summed E-state index contributed by atoms with van der Waals surface area (Å²) in [6.45, 7) is 0.488. The van der Waals surface area contributed by atoms with Gasteiger partial charge in [-0.25, -0.2) is 0 Å². The van der Waals surface area contributed by atoms with E-state index >= 15 is 0 Å². The largest absolute Gasteiger partial charge is 0.352 e. The van der Waals surface area contributed by atoms with Crippen molar-refractivity contribution in [1.82, 2.24) is 25.5 Å². The first-order valence-corrected chi connectivity index (χ1v) is 9.48. The molecule has 4 aromatic rings. The number of hydrogen-bond donors (Lipinski definition) is 2. The van der Waals surface area contributed by atoms with Gasteiger partial charge in [-0.15, -0.1) is 0 Å². The third kappa shape index (κ3) is 4.73. The van der Waals surface area contributed by atoms with E-state index in [1.807, 2.05) is 48.7 Å². The Bertz CT molecular complexity index is 1080. The van der Waals surface area contributed by atoms with Crippen molar-refractivity contribution >= 4 is 5.91 Å². The number of H-pyrrole nitrogens is 1. The summed E-state index contributed by atoms with van der Waals surface area (Å²) in [6, 6.07) is 15.9. The van der Waals surface area contributed by atoms with Crippen LogP contribution in [0.5, 0.6) is 0 Å². The summed E-state index contributed by atoms with van der Waals surface area (Å²) >= 11 is 0. The predicted octanol–water partition coefficient (Wildman–Crippen LogP) is 3.78. The van der Waals surface area contributed by atoms with Crippen LogP contribution in [0.1, 0.15) is 17.5 Å². The van der Waals surface area contributed by atoms with E-state index in [0.717, 1.165) is 33.5 Å². The zero-order valence-electron chi connectivity index (χ0n) is 15.9. The van der Waals surface area contributed by atoms with Gasteiger partial charge in [0.2, 0.25) is 5.91 Å². The van der Waals surface area contributed by atoms with Crippen molar-refractivity contribution in [3.05, 3.63) is 90.6 Å². The molecular formula is C23H21N5O. The Kier molecular flexibility index (Phi) is 5.71. The van der Waals surface area contributed by atoms with Crippen LogP contribution in [0.4, 0.5) is 0 Å². The Morgan fingerprint density at radius 1 is 0.897 bits per heavy atom. The first-order valence-electron chi connectivity index (χ1n) is 9.48. The zero-order chi connectivity index (χ0) is 19.9. The number of hydrogen-bond acceptors (Lipinski definition) is 4. The molecule has 0 aliphatic carbocycles. The third-order valence-corrected chi connectivity index (χ3v) is 4.73. The average Bonchev–Trinajstić information content (AvgIpc) is 3.28. The summed E-state index contributed by atoms with van der Waals surface area (Å²) in [5.74, 6) is 0.0335. The normalized spacial score (nSPS) is 10.6. The second-order valence-corrected chi connectivity index (χ2v) is 6.73. The van der Waals surface area contributed by atoms with E-state index in [4.69, 9.17) is 0 Å². The third-order valence-electron chi connectivity index (χ3n) is 4.73. The quantitative estimate of drug-likeness (QED) is 0.509. The minimum Gasteiger partial charge on any atom is -0.352 e. The Balaban J connectivity index is 1.41. The van der Waals surface area contributed by atoms with Crippen LogP contribution in [0.15, 0.2) is 79.5 Å². The molecule has 3 heterocycles. The number of carbonyl (C=O) groups excluding carboxylic acids is 1. The lowest BCUT2D eigenvalue weighted by atomic mass is 10.0. The van der Waals surface area contributed by atoms with Gasteiger partial charge in [-0.2, -0.15) is 5.10 Å².